The SMILES string of the molecule is CC1(C)c2cccnc2-c2nc(-c3c4ccccc4cc4c3oc3ccccc34)ccc21. The molecular formula is C29H20N2O. The van der Waals surface area contributed by atoms with Gasteiger partial charge in [0.2, 0.25) is 0 Å². The summed E-state index contributed by atoms with van der Waals surface area (Å²) in [5.74, 6) is 0. The summed E-state index contributed by atoms with van der Waals surface area (Å²) >= 11 is 0. The summed E-state index contributed by atoms with van der Waals surface area (Å²) < 4.78 is 6.42. The first-order valence-electron chi connectivity index (χ1n) is 10.9. The molecule has 1 aliphatic rings. The number of furan rings is 1. The molecule has 3 aromatic carbocycles. The van der Waals surface area contributed by atoms with Crippen molar-refractivity contribution in [3.8, 4) is 22.6 Å². The smallest absolute Gasteiger partial charge is 0.145 e. The molecule has 0 radical (unpaired) electrons. The molecule has 0 amide bonds. The van der Waals surface area contributed by atoms with Crippen molar-refractivity contribution in [3.05, 3.63) is 96.2 Å². The molecule has 0 bridgehead atoms. The van der Waals surface area contributed by atoms with Gasteiger partial charge in [-0.15, -0.1) is 0 Å². The van der Waals surface area contributed by atoms with E-state index in [1.54, 1.807) is 0 Å². The minimum atomic E-state index is -0.113. The number of rotatable bonds is 1. The normalized spacial score (nSPS) is 14.2. The molecule has 0 spiro atoms. The Morgan fingerprint density at radius 3 is 2.41 bits per heavy atom. The molecular weight excluding hydrogens is 392 g/mol. The molecule has 7 rings (SSSR count). The van der Waals surface area contributed by atoms with Crippen LogP contribution in [-0.4, -0.2) is 9.97 Å². The molecule has 0 unspecified atom stereocenters. The van der Waals surface area contributed by atoms with E-state index in [0.717, 1.165) is 50.0 Å². The van der Waals surface area contributed by atoms with E-state index in [-0.39, 0.29) is 5.41 Å². The lowest BCUT2D eigenvalue weighted by atomic mass is 9.83. The number of hydrogen-bond acceptors (Lipinski definition) is 3. The van der Waals surface area contributed by atoms with Crippen LogP contribution in [0.15, 0.2) is 89.5 Å². The summed E-state index contributed by atoms with van der Waals surface area (Å²) in [5.41, 5.74) is 8.03. The quantitative estimate of drug-likeness (QED) is 0.281. The molecule has 3 aromatic heterocycles. The molecule has 0 fully saturated rings. The standard InChI is InChI=1S/C29H20N2O/c1-29(2)21-11-7-15-30-26(21)27-22(29)13-14-23(31-27)25-18-9-4-3-8-17(18)16-20-19-10-5-6-12-24(19)32-28(20)25/h3-16H,1-2H3. The largest absolute Gasteiger partial charge is 0.455 e. The number of pyridine rings is 2. The van der Waals surface area contributed by atoms with E-state index in [2.05, 4.69) is 74.5 Å². The Kier molecular flexibility index (Phi) is 3.34. The van der Waals surface area contributed by atoms with E-state index in [4.69, 9.17) is 14.4 Å². The van der Waals surface area contributed by atoms with E-state index in [0.29, 0.717) is 0 Å². The Morgan fingerprint density at radius 2 is 1.50 bits per heavy atom. The first-order chi connectivity index (χ1) is 15.6. The molecule has 3 heterocycles. The van der Waals surface area contributed by atoms with Crippen LogP contribution in [0.4, 0.5) is 0 Å². The molecule has 3 heteroatoms. The molecule has 0 saturated carbocycles. The Hall–Kier alpha value is -3.98. The maximum atomic E-state index is 6.42. The lowest BCUT2D eigenvalue weighted by Gasteiger charge is -2.20. The van der Waals surface area contributed by atoms with Crippen LogP contribution < -0.4 is 0 Å². The summed E-state index contributed by atoms with van der Waals surface area (Å²) in [4.78, 5) is 9.91. The summed E-state index contributed by atoms with van der Waals surface area (Å²) in [7, 11) is 0. The van der Waals surface area contributed by atoms with Gasteiger partial charge < -0.3 is 4.42 Å². The number of hydrogen-bond donors (Lipinski definition) is 0. The molecule has 0 aliphatic heterocycles. The average molecular weight is 412 g/mol. The van der Waals surface area contributed by atoms with Crippen LogP contribution in [0.1, 0.15) is 25.0 Å². The van der Waals surface area contributed by atoms with Gasteiger partial charge in [0, 0.05) is 22.4 Å². The summed E-state index contributed by atoms with van der Waals surface area (Å²) in [6.07, 6.45) is 1.85. The second-order valence-corrected chi connectivity index (χ2v) is 9.06. The maximum absolute atomic E-state index is 6.42. The van der Waals surface area contributed by atoms with E-state index < -0.39 is 0 Å². The third kappa shape index (κ3) is 2.20. The van der Waals surface area contributed by atoms with Gasteiger partial charge in [-0.25, -0.2) is 4.98 Å². The van der Waals surface area contributed by atoms with E-state index in [1.165, 1.54) is 16.5 Å². The van der Waals surface area contributed by atoms with Gasteiger partial charge >= 0.3 is 0 Å². The maximum Gasteiger partial charge on any atom is 0.145 e. The number of nitrogens with zero attached hydrogens (tertiary/aromatic N) is 2. The van der Waals surface area contributed by atoms with Crippen LogP contribution in [0.2, 0.25) is 0 Å². The Labute approximate surface area is 185 Å². The van der Waals surface area contributed by atoms with Crippen LogP contribution in [0.5, 0.6) is 0 Å². The van der Waals surface area contributed by atoms with E-state index in [9.17, 15) is 0 Å². The second-order valence-electron chi connectivity index (χ2n) is 9.06. The Morgan fingerprint density at radius 1 is 0.719 bits per heavy atom. The fraction of sp³-hybridized carbons (Fsp3) is 0.103. The topological polar surface area (TPSA) is 38.9 Å². The predicted molar refractivity (Wildman–Crippen MR) is 130 cm³/mol. The van der Waals surface area contributed by atoms with Crippen molar-refractivity contribution in [2.45, 2.75) is 19.3 Å². The van der Waals surface area contributed by atoms with Gasteiger partial charge in [-0.3, -0.25) is 4.98 Å². The van der Waals surface area contributed by atoms with Crippen molar-refractivity contribution in [2.75, 3.05) is 0 Å². The number of para-hydroxylation sites is 1. The molecule has 6 aromatic rings. The molecule has 0 saturated heterocycles. The number of aromatic nitrogens is 2. The van der Waals surface area contributed by atoms with Gasteiger partial charge in [0.05, 0.1) is 22.6 Å². The fourth-order valence-corrected chi connectivity index (χ4v) is 5.30. The predicted octanol–water partition coefficient (Wildman–Crippen LogP) is 7.50. The van der Waals surface area contributed by atoms with Crippen LogP contribution >= 0.6 is 0 Å². The van der Waals surface area contributed by atoms with Crippen LogP contribution in [0.25, 0.3) is 55.4 Å². The Balaban J connectivity index is 1.60. The molecule has 1 aliphatic carbocycles. The van der Waals surface area contributed by atoms with Crippen LogP contribution in [0.3, 0.4) is 0 Å². The number of benzene rings is 3. The van der Waals surface area contributed by atoms with Crippen LogP contribution in [0, 0.1) is 0 Å². The molecule has 3 nitrogen and oxygen atoms in total. The fourth-order valence-electron chi connectivity index (χ4n) is 5.30. The highest BCUT2D eigenvalue weighted by molar-refractivity contribution is 6.18. The van der Waals surface area contributed by atoms with Crippen molar-refractivity contribution in [1.82, 2.24) is 9.97 Å². The van der Waals surface area contributed by atoms with Crippen molar-refractivity contribution >= 4 is 32.7 Å². The number of fused-ring (bicyclic) bond motifs is 7. The highest BCUT2D eigenvalue weighted by Gasteiger charge is 2.37. The molecule has 0 atom stereocenters. The first-order valence-corrected chi connectivity index (χ1v) is 10.9. The van der Waals surface area contributed by atoms with Gasteiger partial charge in [-0.05, 0) is 46.2 Å². The Bertz CT molecular complexity index is 1710. The first kappa shape index (κ1) is 17.7. The van der Waals surface area contributed by atoms with Crippen LogP contribution in [-0.2, 0) is 5.41 Å². The second kappa shape index (κ2) is 6.04. The minimum absolute atomic E-state index is 0.113. The van der Waals surface area contributed by atoms with Gasteiger partial charge in [-0.1, -0.05) is 68.4 Å². The van der Waals surface area contributed by atoms with E-state index in [1.807, 2.05) is 24.4 Å². The minimum Gasteiger partial charge on any atom is -0.455 e. The van der Waals surface area contributed by atoms with Gasteiger partial charge in [0.25, 0.3) is 0 Å². The lowest BCUT2D eigenvalue weighted by Crippen LogP contribution is -2.15. The van der Waals surface area contributed by atoms with Gasteiger partial charge in [0.1, 0.15) is 11.2 Å². The zero-order valence-corrected chi connectivity index (χ0v) is 17.9. The molecule has 32 heavy (non-hydrogen) atoms. The average Bonchev–Trinajstić information content (AvgIpc) is 3.30. The zero-order valence-electron chi connectivity index (χ0n) is 17.9. The summed E-state index contributed by atoms with van der Waals surface area (Å²) in [5, 5.41) is 4.58. The summed E-state index contributed by atoms with van der Waals surface area (Å²) in [6.45, 7) is 4.49. The third-order valence-electron chi connectivity index (χ3n) is 6.92. The van der Waals surface area contributed by atoms with Crippen molar-refractivity contribution < 1.29 is 4.42 Å². The molecule has 152 valence electrons. The van der Waals surface area contributed by atoms with Crippen molar-refractivity contribution in [3.63, 3.8) is 0 Å². The monoisotopic (exact) mass is 412 g/mol. The summed E-state index contributed by atoms with van der Waals surface area (Å²) in [6, 6.07) is 27.5. The van der Waals surface area contributed by atoms with Crippen molar-refractivity contribution in [2.24, 2.45) is 0 Å². The highest BCUT2D eigenvalue weighted by atomic mass is 16.3. The van der Waals surface area contributed by atoms with Gasteiger partial charge in [-0.2, -0.15) is 0 Å². The van der Waals surface area contributed by atoms with Crippen molar-refractivity contribution in [1.29, 1.82) is 0 Å². The third-order valence-corrected chi connectivity index (χ3v) is 6.92. The van der Waals surface area contributed by atoms with E-state index >= 15 is 0 Å². The zero-order chi connectivity index (χ0) is 21.4. The highest BCUT2D eigenvalue weighted by Crippen LogP contribution is 2.48. The molecule has 0 N–H and O–H groups in total. The lowest BCUT2D eigenvalue weighted by molar-refractivity contribution is 0.658. The van der Waals surface area contributed by atoms with Gasteiger partial charge in [0.15, 0.2) is 0 Å².